The van der Waals surface area contributed by atoms with E-state index in [9.17, 15) is 18.0 Å². The van der Waals surface area contributed by atoms with Gasteiger partial charge < -0.3 is 10.1 Å². The first-order valence-electron chi connectivity index (χ1n) is 11.3. The molecule has 1 aromatic heterocycles. The maximum absolute atomic E-state index is 14.6. The maximum atomic E-state index is 14.6. The summed E-state index contributed by atoms with van der Waals surface area (Å²) in [7, 11) is 0. The lowest BCUT2D eigenvalue weighted by atomic mass is 10.2. The van der Waals surface area contributed by atoms with E-state index in [0.29, 0.717) is 38.1 Å². The highest BCUT2D eigenvalue weighted by atomic mass is 19.1. The SMILES string of the molecule is O=C(C=Cc1cnc(N[C@@H]2CCN(Cc3c(F)cccc3F)C2)c(F)c1)NOC1CCCCO1. The van der Waals surface area contributed by atoms with Crippen molar-refractivity contribution in [3.63, 3.8) is 0 Å². The molecular formula is C24H27F3N4O3. The zero-order chi connectivity index (χ0) is 23.9. The van der Waals surface area contributed by atoms with Crippen LogP contribution in [0.1, 0.15) is 36.8 Å². The molecule has 2 atom stereocenters. The summed E-state index contributed by atoms with van der Waals surface area (Å²) >= 11 is 0. The topological polar surface area (TPSA) is 75.7 Å². The Labute approximate surface area is 195 Å². The van der Waals surface area contributed by atoms with Crippen LogP contribution < -0.4 is 10.8 Å². The number of hydrogen-bond acceptors (Lipinski definition) is 6. The molecule has 2 aromatic rings. The van der Waals surface area contributed by atoms with Crippen molar-refractivity contribution >= 4 is 17.8 Å². The summed E-state index contributed by atoms with van der Waals surface area (Å²) in [4.78, 5) is 23.1. The van der Waals surface area contributed by atoms with Crippen LogP contribution in [0, 0.1) is 17.5 Å². The second kappa shape index (κ2) is 11.5. The highest BCUT2D eigenvalue weighted by molar-refractivity contribution is 5.90. The smallest absolute Gasteiger partial charge is 0.267 e. The van der Waals surface area contributed by atoms with Crippen LogP contribution in [-0.2, 0) is 20.9 Å². The summed E-state index contributed by atoms with van der Waals surface area (Å²) in [6.07, 6.45) is 7.00. The van der Waals surface area contributed by atoms with Crippen LogP contribution in [0.2, 0.25) is 0 Å². The van der Waals surface area contributed by atoms with Crippen molar-refractivity contribution in [3.05, 3.63) is 65.1 Å². The number of benzene rings is 1. The van der Waals surface area contributed by atoms with Crippen molar-refractivity contribution in [3.8, 4) is 0 Å². The number of amides is 1. The zero-order valence-electron chi connectivity index (χ0n) is 18.6. The molecule has 10 heteroatoms. The minimum atomic E-state index is -0.574. The molecule has 2 aliphatic heterocycles. The Kier molecular flexibility index (Phi) is 8.15. The van der Waals surface area contributed by atoms with Gasteiger partial charge in [-0.15, -0.1) is 0 Å². The second-order valence-corrected chi connectivity index (χ2v) is 8.38. The van der Waals surface area contributed by atoms with E-state index in [1.54, 1.807) is 0 Å². The van der Waals surface area contributed by atoms with Gasteiger partial charge in [0.15, 0.2) is 17.9 Å². The molecule has 2 saturated heterocycles. The number of likely N-dealkylation sites (tertiary alicyclic amines) is 1. The molecule has 4 rings (SSSR count). The van der Waals surface area contributed by atoms with E-state index in [4.69, 9.17) is 9.57 Å². The standard InChI is InChI=1S/C24H27F3N4O3/c25-19-4-3-5-20(26)18(19)15-31-10-9-17(14-31)29-24-21(27)12-16(13-28-24)7-8-22(32)30-34-23-6-1-2-11-33-23/h3-5,7-8,12-13,17,23H,1-2,6,9-11,14-15H2,(H,28,29)(H,30,32)/t17-,23?/m1/s1. The average molecular weight is 476 g/mol. The van der Waals surface area contributed by atoms with Crippen LogP contribution in [-0.4, -0.2) is 47.8 Å². The van der Waals surface area contributed by atoms with Crippen LogP contribution in [0.25, 0.3) is 6.08 Å². The summed E-state index contributed by atoms with van der Waals surface area (Å²) in [5.74, 6) is -2.11. The number of carbonyl (C=O) groups excluding carboxylic acids is 1. The predicted octanol–water partition coefficient (Wildman–Crippen LogP) is 3.77. The minimum absolute atomic E-state index is 0.0318. The Morgan fingerprint density at radius 2 is 2.03 bits per heavy atom. The number of rotatable bonds is 8. The Hall–Kier alpha value is -2.95. The zero-order valence-corrected chi connectivity index (χ0v) is 18.6. The predicted molar refractivity (Wildman–Crippen MR) is 120 cm³/mol. The van der Waals surface area contributed by atoms with Crippen molar-refractivity contribution < 1.29 is 27.5 Å². The van der Waals surface area contributed by atoms with Gasteiger partial charge in [-0.1, -0.05) is 6.07 Å². The summed E-state index contributed by atoms with van der Waals surface area (Å²) in [6.45, 7) is 1.87. The van der Waals surface area contributed by atoms with Crippen molar-refractivity contribution in [1.82, 2.24) is 15.4 Å². The molecule has 3 heterocycles. The second-order valence-electron chi connectivity index (χ2n) is 8.38. The molecule has 7 nitrogen and oxygen atoms in total. The number of hydrogen-bond donors (Lipinski definition) is 2. The maximum Gasteiger partial charge on any atom is 0.267 e. The van der Waals surface area contributed by atoms with Gasteiger partial charge in [-0.3, -0.25) is 9.69 Å². The highest BCUT2D eigenvalue weighted by Crippen LogP contribution is 2.22. The van der Waals surface area contributed by atoms with Crippen molar-refractivity contribution in [2.75, 3.05) is 25.0 Å². The van der Waals surface area contributed by atoms with Crippen LogP contribution >= 0.6 is 0 Å². The number of halogens is 3. The van der Waals surface area contributed by atoms with Gasteiger partial charge in [-0.25, -0.2) is 28.5 Å². The first-order chi connectivity index (χ1) is 16.5. The third-order valence-corrected chi connectivity index (χ3v) is 5.77. The molecule has 2 aliphatic rings. The summed E-state index contributed by atoms with van der Waals surface area (Å²) < 4.78 is 47.7. The Balaban J connectivity index is 1.26. The molecule has 0 bridgehead atoms. The molecule has 1 unspecified atom stereocenters. The van der Waals surface area contributed by atoms with Gasteiger partial charge in [0, 0.05) is 56.5 Å². The third-order valence-electron chi connectivity index (χ3n) is 5.77. The van der Waals surface area contributed by atoms with Crippen molar-refractivity contribution in [1.29, 1.82) is 0 Å². The highest BCUT2D eigenvalue weighted by Gasteiger charge is 2.25. The number of hydroxylamine groups is 1. The Morgan fingerprint density at radius 3 is 2.76 bits per heavy atom. The molecule has 0 aliphatic carbocycles. The van der Waals surface area contributed by atoms with Gasteiger partial charge in [-0.2, -0.15) is 0 Å². The van der Waals surface area contributed by atoms with E-state index in [-0.39, 0.29) is 24.0 Å². The molecule has 2 N–H and O–H groups in total. The molecule has 1 amide bonds. The lowest BCUT2D eigenvalue weighted by molar-refractivity contribution is -0.198. The molecule has 1 aromatic carbocycles. The molecule has 0 radical (unpaired) electrons. The Bertz CT molecular complexity index is 1010. The molecule has 2 fully saturated rings. The van der Waals surface area contributed by atoms with E-state index in [1.807, 2.05) is 4.90 Å². The van der Waals surface area contributed by atoms with Crippen LogP contribution in [0.3, 0.4) is 0 Å². The van der Waals surface area contributed by atoms with Gasteiger partial charge in [0.25, 0.3) is 5.91 Å². The molecule has 0 spiro atoms. The molecule has 34 heavy (non-hydrogen) atoms. The van der Waals surface area contributed by atoms with E-state index >= 15 is 0 Å². The molecular weight excluding hydrogens is 449 g/mol. The summed E-state index contributed by atoms with van der Waals surface area (Å²) in [6, 6.07) is 4.97. The number of anilines is 1. The van der Waals surface area contributed by atoms with E-state index in [2.05, 4.69) is 15.8 Å². The van der Waals surface area contributed by atoms with E-state index in [1.165, 1.54) is 42.6 Å². The van der Waals surface area contributed by atoms with E-state index in [0.717, 1.165) is 12.8 Å². The number of nitrogens with zero attached hydrogens (tertiary/aromatic N) is 2. The minimum Gasteiger partial charge on any atom is -0.364 e. The molecule has 0 saturated carbocycles. The summed E-state index contributed by atoms with van der Waals surface area (Å²) in [5.41, 5.74) is 2.74. The number of ether oxygens (including phenoxy) is 1. The van der Waals surface area contributed by atoms with Gasteiger partial charge in [0.05, 0.1) is 0 Å². The largest absolute Gasteiger partial charge is 0.364 e. The van der Waals surface area contributed by atoms with Crippen LogP contribution in [0.15, 0.2) is 36.5 Å². The quantitative estimate of drug-likeness (QED) is 0.446. The van der Waals surface area contributed by atoms with Crippen molar-refractivity contribution in [2.24, 2.45) is 0 Å². The fraction of sp³-hybridized carbons (Fsp3) is 0.417. The fourth-order valence-electron chi connectivity index (χ4n) is 3.98. The lowest BCUT2D eigenvalue weighted by Crippen LogP contribution is -2.32. The van der Waals surface area contributed by atoms with Gasteiger partial charge in [0.2, 0.25) is 0 Å². The van der Waals surface area contributed by atoms with Gasteiger partial charge in [-0.05, 0) is 49.1 Å². The lowest BCUT2D eigenvalue weighted by Gasteiger charge is -2.21. The third kappa shape index (κ3) is 6.55. The first-order valence-corrected chi connectivity index (χ1v) is 11.3. The number of pyridine rings is 1. The van der Waals surface area contributed by atoms with E-state index < -0.39 is 29.6 Å². The average Bonchev–Trinajstić information content (AvgIpc) is 3.28. The fourth-order valence-corrected chi connectivity index (χ4v) is 3.98. The normalized spacial score (nSPS) is 21.1. The van der Waals surface area contributed by atoms with Gasteiger partial charge in [0.1, 0.15) is 11.6 Å². The first kappa shape index (κ1) is 24.2. The number of aromatic nitrogens is 1. The van der Waals surface area contributed by atoms with Gasteiger partial charge >= 0.3 is 0 Å². The summed E-state index contributed by atoms with van der Waals surface area (Å²) in [5, 5.41) is 3.05. The Morgan fingerprint density at radius 1 is 1.21 bits per heavy atom. The van der Waals surface area contributed by atoms with Crippen molar-refractivity contribution in [2.45, 2.75) is 44.6 Å². The number of carbonyl (C=O) groups is 1. The number of nitrogens with one attached hydrogen (secondary N) is 2. The molecule has 182 valence electrons. The van der Waals surface area contributed by atoms with Crippen LogP contribution in [0.5, 0.6) is 0 Å². The van der Waals surface area contributed by atoms with Crippen LogP contribution in [0.4, 0.5) is 19.0 Å². The monoisotopic (exact) mass is 476 g/mol.